The molecule has 3 amide bonds. The zero-order valence-electron chi connectivity index (χ0n) is 16.5. The maximum atomic E-state index is 13.0. The molecule has 9 heteroatoms. The van der Waals surface area contributed by atoms with Gasteiger partial charge in [-0.3, -0.25) is 19.7 Å². The number of amides is 3. The number of hydrogen-bond donors (Lipinski definition) is 1. The highest BCUT2D eigenvalue weighted by molar-refractivity contribution is 6.05. The van der Waals surface area contributed by atoms with E-state index in [4.69, 9.17) is 4.74 Å². The van der Waals surface area contributed by atoms with E-state index in [0.717, 1.165) is 49.2 Å². The third kappa shape index (κ3) is 3.49. The van der Waals surface area contributed by atoms with Crippen molar-refractivity contribution in [3.63, 3.8) is 0 Å². The Kier molecular flexibility index (Phi) is 4.82. The Morgan fingerprint density at radius 3 is 2.90 bits per heavy atom. The molecule has 2 fully saturated rings. The number of carbonyl (C=O) groups is 3. The van der Waals surface area contributed by atoms with E-state index in [-0.39, 0.29) is 18.2 Å². The molecule has 3 aliphatic heterocycles. The molecular formula is C21H23N5O4. The van der Waals surface area contributed by atoms with Gasteiger partial charge < -0.3 is 9.64 Å². The molecule has 2 unspecified atom stereocenters. The highest BCUT2D eigenvalue weighted by Crippen LogP contribution is 2.29. The number of nitrogens with zero attached hydrogens (tertiary/aromatic N) is 4. The highest BCUT2D eigenvalue weighted by Gasteiger charge is 2.39. The Bertz CT molecular complexity index is 1010. The zero-order valence-corrected chi connectivity index (χ0v) is 16.5. The number of imide groups is 1. The van der Waals surface area contributed by atoms with E-state index >= 15 is 0 Å². The van der Waals surface area contributed by atoms with Crippen molar-refractivity contribution in [2.75, 3.05) is 6.61 Å². The predicted molar refractivity (Wildman–Crippen MR) is 105 cm³/mol. The Balaban J connectivity index is 1.30. The molecule has 0 radical (unpaired) electrons. The summed E-state index contributed by atoms with van der Waals surface area (Å²) in [6.45, 7) is 1.21. The van der Waals surface area contributed by atoms with Crippen molar-refractivity contribution in [1.82, 2.24) is 25.2 Å². The molecule has 2 aromatic rings. The van der Waals surface area contributed by atoms with Crippen molar-refractivity contribution in [3.05, 3.63) is 41.2 Å². The molecule has 0 spiro atoms. The molecule has 4 heterocycles. The van der Waals surface area contributed by atoms with Crippen LogP contribution in [0, 0.1) is 0 Å². The average Bonchev–Trinajstić information content (AvgIpc) is 3.47. The SMILES string of the molecule is O=C1CCC(N2Cc3ccc(-n4cc(CCC5CCCO5)nn4)cc3C2=O)C(=O)N1. The van der Waals surface area contributed by atoms with Gasteiger partial charge in [0.25, 0.3) is 5.91 Å². The van der Waals surface area contributed by atoms with Crippen LogP contribution < -0.4 is 5.32 Å². The van der Waals surface area contributed by atoms with Crippen LogP contribution in [0.15, 0.2) is 24.4 Å². The first-order valence-corrected chi connectivity index (χ1v) is 10.4. The number of aryl methyl sites for hydroxylation is 1. The van der Waals surface area contributed by atoms with Gasteiger partial charge in [-0.1, -0.05) is 11.3 Å². The number of fused-ring (bicyclic) bond motifs is 1. The zero-order chi connectivity index (χ0) is 20.7. The van der Waals surface area contributed by atoms with Crippen molar-refractivity contribution in [3.8, 4) is 5.69 Å². The van der Waals surface area contributed by atoms with Crippen molar-refractivity contribution in [2.45, 2.75) is 57.2 Å². The summed E-state index contributed by atoms with van der Waals surface area (Å²) in [6, 6.07) is 4.98. The Hall–Kier alpha value is -3.07. The normalized spacial score (nSPS) is 23.7. The van der Waals surface area contributed by atoms with Gasteiger partial charge in [-0.25, -0.2) is 4.68 Å². The number of hydrogen-bond acceptors (Lipinski definition) is 6. The topological polar surface area (TPSA) is 106 Å². The Morgan fingerprint density at radius 1 is 1.20 bits per heavy atom. The van der Waals surface area contributed by atoms with Crippen LogP contribution in [0.2, 0.25) is 0 Å². The fraction of sp³-hybridized carbons (Fsp3) is 0.476. The van der Waals surface area contributed by atoms with Gasteiger partial charge >= 0.3 is 0 Å². The fourth-order valence-corrected chi connectivity index (χ4v) is 4.41. The van der Waals surface area contributed by atoms with Crippen LogP contribution in [0.25, 0.3) is 5.69 Å². The van der Waals surface area contributed by atoms with Gasteiger partial charge in [0.1, 0.15) is 6.04 Å². The fourth-order valence-electron chi connectivity index (χ4n) is 4.41. The van der Waals surface area contributed by atoms with Crippen LogP contribution in [-0.4, -0.2) is 56.4 Å². The minimum absolute atomic E-state index is 0.194. The number of carbonyl (C=O) groups excluding carboxylic acids is 3. The summed E-state index contributed by atoms with van der Waals surface area (Å²) >= 11 is 0. The highest BCUT2D eigenvalue weighted by atomic mass is 16.5. The monoisotopic (exact) mass is 409 g/mol. The second-order valence-electron chi connectivity index (χ2n) is 8.07. The molecule has 0 bridgehead atoms. The summed E-state index contributed by atoms with van der Waals surface area (Å²) in [5.41, 5.74) is 3.08. The second kappa shape index (κ2) is 7.64. The largest absolute Gasteiger partial charge is 0.378 e. The van der Waals surface area contributed by atoms with Crippen LogP contribution >= 0.6 is 0 Å². The minimum Gasteiger partial charge on any atom is -0.378 e. The molecule has 1 N–H and O–H groups in total. The van der Waals surface area contributed by atoms with Crippen LogP contribution in [0.5, 0.6) is 0 Å². The molecule has 5 rings (SSSR count). The summed E-state index contributed by atoms with van der Waals surface area (Å²) in [5, 5.41) is 10.8. The quantitative estimate of drug-likeness (QED) is 0.743. The van der Waals surface area contributed by atoms with Crippen LogP contribution in [0.3, 0.4) is 0 Å². The standard InChI is InChI=1S/C21H23N5O4/c27-19-8-7-18(20(28)22-19)25-11-13-3-5-15(10-17(13)21(25)29)26-12-14(23-24-26)4-6-16-2-1-9-30-16/h3,5,10,12,16,18H,1-2,4,6-9,11H2,(H,22,27,28). The van der Waals surface area contributed by atoms with Gasteiger partial charge in [0.15, 0.2) is 0 Å². The third-order valence-electron chi connectivity index (χ3n) is 6.06. The molecule has 30 heavy (non-hydrogen) atoms. The van der Waals surface area contributed by atoms with Crippen molar-refractivity contribution < 1.29 is 19.1 Å². The molecule has 9 nitrogen and oxygen atoms in total. The van der Waals surface area contributed by atoms with Gasteiger partial charge in [0, 0.05) is 25.1 Å². The smallest absolute Gasteiger partial charge is 0.255 e. The predicted octanol–water partition coefficient (Wildman–Crippen LogP) is 1.14. The van der Waals surface area contributed by atoms with E-state index in [1.54, 1.807) is 15.6 Å². The van der Waals surface area contributed by atoms with Crippen LogP contribution in [-0.2, 0) is 27.3 Å². The lowest BCUT2D eigenvalue weighted by Crippen LogP contribution is -2.52. The summed E-state index contributed by atoms with van der Waals surface area (Å²) in [7, 11) is 0. The van der Waals surface area contributed by atoms with Gasteiger partial charge in [-0.2, -0.15) is 0 Å². The first-order valence-electron chi connectivity index (χ1n) is 10.4. The molecule has 1 aromatic heterocycles. The number of rotatable bonds is 5. The van der Waals surface area contributed by atoms with Crippen molar-refractivity contribution in [1.29, 1.82) is 0 Å². The van der Waals surface area contributed by atoms with Crippen LogP contribution in [0.4, 0.5) is 0 Å². The summed E-state index contributed by atoms with van der Waals surface area (Å²) < 4.78 is 7.33. The van der Waals surface area contributed by atoms with Gasteiger partial charge in [0.2, 0.25) is 11.8 Å². The maximum Gasteiger partial charge on any atom is 0.255 e. The van der Waals surface area contributed by atoms with E-state index in [0.29, 0.717) is 24.6 Å². The summed E-state index contributed by atoms with van der Waals surface area (Å²) in [5.74, 6) is -0.885. The summed E-state index contributed by atoms with van der Waals surface area (Å²) in [4.78, 5) is 38.1. The van der Waals surface area contributed by atoms with Gasteiger partial charge in [-0.05, 0) is 49.8 Å². The molecule has 2 saturated heterocycles. The number of aromatic nitrogens is 3. The van der Waals surface area contributed by atoms with Gasteiger partial charge in [0.05, 0.1) is 23.7 Å². The minimum atomic E-state index is -0.609. The number of benzene rings is 1. The number of ether oxygens (including phenoxy) is 1. The molecule has 0 saturated carbocycles. The third-order valence-corrected chi connectivity index (χ3v) is 6.06. The van der Waals surface area contributed by atoms with Crippen LogP contribution in [0.1, 0.15) is 53.7 Å². The van der Waals surface area contributed by atoms with E-state index in [2.05, 4.69) is 15.6 Å². The number of piperidine rings is 1. The van der Waals surface area contributed by atoms with E-state index in [1.807, 2.05) is 18.3 Å². The Morgan fingerprint density at radius 2 is 2.10 bits per heavy atom. The molecule has 2 atom stereocenters. The van der Waals surface area contributed by atoms with Crippen molar-refractivity contribution in [2.24, 2.45) is 0 Å². The summed E-state index contributed by atoms with van der Waals surface area (Å²) in [6.07, 6.45) is 6.75. The first kappa shape index (κ1) is 18.9. The van der Waals surface area contributed by atoms with Gasteiger partial charge in [-0.15, -0.1) is 5.10 Å². The lowest BCUT2D eigenvalue weighted by Gasteiger charge is -2.29. The van der Waals surface area contributed by atoms with E-state index < -0.39 is 11.9 Å². The maximum absolute atomic E-state index is 13.0. The molecule has 1 aromatic carbocycles. The second-order valence-corrected chi connectivity index (χ2v) is 8.07. The lowest BCUT2D eigenvalue weighted by molar-refractivity contribution is -0.136. The molecular weight excluding hydrogens is 386 g/mol. The van der Waals surface area contributed by atoms with E-state index in [1.165, 1.54) is 0 Å². The Labute approximate surface area is 173 Å². The number of nitrogens with one attached hydrogen (secondary N) is 1. The average molecular weight is 409 g/mol. The van der Waals surface area contributed by atoms with Crippen molar-refractivity contribution >= 4 is 17.7 Å². The molecule has 156 valence electrons. The van der Waals surface area contributed by atoms with E-state index in [9.17, 15) is 14.4 Å². The molecule has 0 aliphatic carbocycles. The lowest BCUT2D eigenvalue weighted by atomic mass is 10.0. The first-order chi connectivity index (χ1) is 14.6. The molecule has 3 aliphatic rings.